The van der Waals surface area contributed by atoms with E-state index in [1.54, 1.807) is 0 Å². The van der Waals surface area contributed by atoms with Crippen LogP contribution in [0.1, 0.15) is 0 Å². The van der Waals surface area contributed by atoms with Crippen LogP contribution >= 0.6 is 0 Å². The molecule has 0 amide bonds. The van der Waals surface area contributed by atoms with E-state index in [4.69, 9.17) is 5.10 Å². The second-order valence-electron chi connectivity index (χ2n) is 6.03. The Morgan fingerprint density at radius 2 is 1.70 bits per heavy atom. The van der Waals surface area contributed by atoms with E-state index in [-0.39, 0.29) is 5.56 Å². The number of hydrogen-bond donors (Lipinski definition) is 0. The van der Waals surface area contributed by atoms with E-state index in [1.165, 1.54) is 0 Å². The molecule has 23 heavy (non-hydrogen) atoms. The lowest BCUT2D eigenvalue weighted by molar-refractivity contribution is 0.383. The normalized spacial score (nSPS) is 12.0. The van der Waals surface area contributed by atoms with Crippen LogP contribution in [-0.4, -0.2) is 39.7 Å². The maximum atomic E-state index is 13.0. The Kier molecular flexibility index (Phi) is 3.16. The molecule has 0 bridgehead atoms. The van der Waals surface area contributed by atoms with Gasteiger partial charge >= 0.3 is 0 Å². The van der Waals surface area contributed by atoms with Gasteiger partial charge in [0, 0.05) is 18.5 Å². The van der Waals surface area contributed by atoms with E-state index in [0.717, 1.165) is 28.6 Å². The molecule has 0 aliphatic carbocycles. The lowest BCUT2D eigenvalue weighted by atomic mass is 10.2. The Hall–Kier alpha value is -2.66. The lowest BCUT2D eigenvalue weighted by Crippen LogP contribution is -2.28. The maximum absolute atomic E-state index is 13.0. The average molecular weight is 306 g/mol. The van der Waals surface area contributed by atoms with E-state index >= 15 is 0 Å². The van der Waals surface area contributed by atoms with Crippen LogP contribution in [0, 0.1) is 0 Å². The van der Waals surface area contributed by atoms with Gasteiger partial charge in [0.25, 0.3) is 5.56 Å². The third kappa shape index (κ3) is 2.12. The van der Waals surface area contributed by atoms with Crippen molar-refractivity contribution in [1.82, 2.24) is 19.1 Å². The molecule has 0 unspecified atom stereocenters. The van der Waals surface area contributed by atoms with Crippen LogP contribution in [0.3, 0.4) is 0 Å². The third-order valence-electron chi connectivity index (χ3n) is 4.19. The number of fused-ring (bicyclic) bond motifs is 5. The molecule has 5 nitrogen and oxygen atoms in total. The molecule has 4 aromatic rings. The minimum absolute atomic E-state index is 0.0422. The summed E-state index contributed by atoms with van der Waals surface area (Å²) in [7, 11) is 4.02. The van der Waals surface area contributed by atoms with Gasteiger partial charge in [0.1, 0.15) is 5.65 Å². The maximum Gasteiger partial charge on any atom is 0.261 e. The SMILES string of the molecule is CN(C)CCn1c(=O)c2ccccc2n2nc3ccccc3c12. The zero-order valence-corrected chi connectivity index (χ0v) is 13.2. The van der Waals surface area contributed by atoms with Crippen LogP contribution in [0.2, 0.25) is 0 Å². The number of aromatic nitrogens is 3. The Morgan fingerprint density at radius 1 is 1.00 bits per heavy atom. The van der Waals surface area contributed by atoms with Gasteiger partial charge in [-0.15, -0.1) is 0 Å². The molecular formula is C18H18N4O. The highest BCUT2D eigenvalue weighted by atomic mass is 16.1. The Bertz CT molecular complexity index is 1070. The van der Waals surface area contributed by atoms with Crippen molar-refractivity contribution in [2.75, 3.05) is 20.6 Å². The van der Waals surface area contributed by atoms with Crippen molar-refractivity contribution in [2.24, 2.45) is 0 Å². The molecule has 0 fully saturated rings. The van der Waals surface area contributed by atoms with Crippen LogP contribution in [-0.2, 0) is 6.54 Å². The first-order valence-corrected chi connectivity index (χ1v) is 7.70. The Labute approximate surface area is 133 Å². The molecule has 5 heteroatoms. The fourth-order valence-corrected chi connectivity index (χ4v) is 3.04. The Morgan fingerprint density at radius 3 is 2.48 bits per heavy atom. The first-order chi connectivity index (χ1) is 11.2. The summed E-state index contributed by atoms with van der Waals surface area (Å²) in [6.45, 7) is 1.43. The number of hydrogen-bond acceptors (Lipinski definition) is 3. The molecule has 0 N–H and O–H groups in total. The van der Waals surface area contributed by atoms with Gasteiger partial charge in [0.15, 0.2) is 0 Å². The minimum atomic E-state index is 0.0422. The minimum Gasteiger partial charge on any atom is -0.308 e. The van der Waals surface area contributed by atoms with Gasteiger partial charge < -0.3 is 4.90 Å². The zero-order valence-electron chi connectivity index (χ0n) is 13.2. The summed E-state index contributed by atoms with van der Waals surface area (Å²) in [5.74, 6) is 0. The standard InChI is InChI=1S/C18H18N4O/c1-20(2)11-12-21-17-13-7-3-5-9-15(13)19-22(17)16-10-6-4-8-14(16)18(21)23/h3-10H,11-12H2,1-2H3. The van der Waals surface area contributed by atoms with Crippen molar-refractivity contribution in [2.45, 2.75) is 6.54 Å². The van der Waals surface area contributed by atoms with Crippen molar-refractivity contribution in [3.63, 3.8) is 0 Å². The van der Waals surface area contributed by atoms with Crippen molar-refractivity contribution in [3.05, 3.63) is 58.9 Å². The highest BCUT2D eigenvalue weighted by molar-refractivity contribution is 5.95. The van der Waals surface area contributed by atoms with E-state index in [1.807, 2.05) is 71.7 Å². The fourth-order valence-electron chi connectivity index (χ4n) is 3.04. The molecule has 2 heterocycles. The van der Waals surface area contributed by atoms with Gasteiger partial charge in [-0.3, -0.25) is 9.36 Å². The summed E-state index contributed by atoms with van der Waals surface area (Å²) in [4.78, 5) is 15.1. The molecule has 2 aromatic carbocycles. The van der Waals surface area contributed by atoms with Crippen LogP contribution < -0.4 is 5.56 Å². The highest BCUT2D eigenvalue weighted by Gasteiger charge is 2.15. The van der Waals surface area contributed by atoms with Crippen molar-refractivity contribution >= 4 is 27.5 Å². The second kappa shape index (κ2) is 5.21. The third-order valence-corrected chi connectivity index (χ3v) is 4.19. The van der Waals surface area contributed by atoms with Gasteiger partial charge in [0.05, 0.1) is 16.4 Å². The molecule has 0 atom stereocenters. The van der Waals surface area contributed by atoms with Crippen LogP contribution in [0.5, 0.6) is 0 Å². The zero-order chi connectivity index (χ0) is 16.0. The molecule has 0 spiro atoms. The number of para-hydroxylation sites is 1. The van der Waals surface area contributed by atoms with Crippen molar-refractivity contribution in [3.8, 4) is 0 Å². The topological polar surface area (TPSA) is 42.5 Å². The summed E-state index contributed by atoms with van der Waals surface area (Å²) < 4.78 is 3.74. The predicted octanol–water partition coefficient (Wildman–Crippen LogP) is 2.36. The van der Waals surface area contributed by atoms with Gasteiger partial charge in [-0.1, -0.05) is 24.3 Å². The molecule has 0 saturated heterocycles. The smallest absolute Gasteiger partial charge is 0.261 e. The van der Waals surface area contributed by atoms with Gasteiger partial charge in [-0.2, -0.15) is 5.10 Å². The quantitative estimate of drug-likeness (QED) is 0.583. The van der Waals surface area contributed by atoms with Crippen molar-refractivity contribution < 1.29 is 0 Å². The molecule has 116 valence electrons. The summed E-state index contributed by atoms with van der Waals surface area (Å²) in [6, 6.07) is 15.6. The lowest BCUT2D eigenvalue weighted by Gasteiger charge is -2.14. The monoisotopic (exact) mass is 306 g/mol. The van der Waals surface area contributed by atoms with Crippen LogP contribution in [0.15, 0.2) is 53.3 Å². The summed E-state index contributed by atoms with van der Waals surface area (Å²) in [5, 5.41) is 6.42. The first-order valence-electron chi connectivity index (χ1n) is 7.70. The van der Waals surface area contributed by atoms with Gasteiger partial charge in [-0.05, 0) is 38.4 Å². The average Bonchev–Trinajstić information content (AvgIpc) is 2.94. The van der Waals surface area contributed by atoms with Crippen LogP contribution in [0.25, 0.3) is 27.5 Å². The number of likely N-dealkylation sites (N-methyl/N-ethyl adjacent to an activating group) is 1. The molecule has 0 aliphatic heterocycles. The number of rotatable bonds is 3. The molecule has 4 rings (SSSR count). The molecule has 0 aliphatic rings. The number of benzene rings is 2. The summed E-state index contributed by atoms with van der Waals surface area (Å²) >= 11 is 0. The molecular weight excluding hydrogens is 288 g/mol. The summed E-state index contributed by atoms with van der Waals surface area (Å²) in [5.41, 5.74) is 2.67. The molecule has 2 aromatic heterocycles. The first kappa shape index (κ1) is 14.0. The van der Waals surface area contributed by atoms with E-state index in [0.29, 0.717) is 11.9 Å². The fraction of sp³-hybridized carbons (Fsp3) is 0.222. The molecule has 0 saturated carbocycles. The van der Waals surface area contributed by atoms with Crippen LogP contribution in [0.4, 0.5) is 0 Å². The second-order valence-corrected chi connectivity index (χ2v) is 6.03. The van der Waals surface area contributed by atoms with Gasteiger partial charge in [0.2, 0.25) is 0 Å². The molecule has 0 radical (unpaired) electrons. The highest BCUT2D eigenvalue weighted by Crippen LogP contribution is 2.22. The Balaban J connectivity index is 2.18. The van der Waals surface area contributed by atoms with E-state index in [2.05, 4.69) is 4.90 Å². The van der Waals surface area contributed by atoms with E-state index in [9.17, 15) is 4.79 Å². The summed E-state index contributed by atoms with van der Waals surface area (Å²) in [6.07, 6.45) is 0. The predicted molar refractivity (Wildman–Crippen MR) is 93.0 cm³/mol. The van der Waals surface area contributed by atoms with Gasteiger partial charge in [-0.25, -0.2) is 4.52 Å². The largest absolute Gasteiger partial charge is 0.308 e. The van der Waals surface area contributed by atoms with E-state index < -0.39 is 0 Å². The van der Waals surface area contributed by atoms with Crippen molar-refractivity contribution in [1.29, 1.82) is 0 Å². The number of nitrogens with zero attached hydrogens (tertiary/aromatic N) is 4.